The van der Waals surface area contributed by atoms with Gasteiger partial charge in [0, 0.05) is 6.61 Å². The number of ether oxygens (including phenoxy) is 2. The maximum absolute atomic E-state index is 9.33. The van der Waals surface area contributed by atoms with Crippen LogP contribution in [-0.4, -0.2) is 30.2 Å². The lowest BCUT2D eigenvalue weighted by molar-refractivity contribution is -0.236. The summed E-state index contributed by atoms with van der Waals surface area (Å²) in [5.41, 5.74) is -0.387. The molecule has 14 heavy (non-hydrogen) atoms. The number of rotatable bonds is 5. The predicted octanol–water partition coefficient (Wildman–Crippen LogP) is 2.08. The second kappa shape index (κ2) is 5.69. The average Bonchev–Trinajstić information content (AvgIpc) is 2.28. The molecule has 0 bridgehead atoms. The van der Waals surface area contributed by atoms with E-state index in [4.69, 9.17) is 9.47 Å². The van der Waals surface area contributed by atoms with Gasteiger partial charge in [0.15, 0.2) is 6.29 Å². The molecule has 0 amide bonds. The van der Waals surface area contributed by atoms with Crippen molar-refractivity contribution >= 4 is 0 Å². The van der Waals surface area contributed by atoms with Gasteiger partial charge in [0.25, 0.3) is 0 Å². The molecular weight excluding hydrogens is 180 g/mol. The van der Waals surface area contributed by atoms with E-state index in [9.17, 15) is 5.11 Å². The fraction of sp³-hybridized carbons (Fsp3) is 1.00. The standard InChI is InChI=1S/C11H22O3/c1-3-11(4-2,9-12)14-10-7-5-6-8-13-10/h10,12H,3-9H2,1-2H3. The van der Waals surface area contributed by atoms with Crippen LogP contribution in [0.4, 0.5) is 0 Å². The molecule has 0 aromatic carbocycles. The lowest BCUT2D eigenvalue weighted by atomic mass is 9.98. The maximum Gasteiger partial charge on any atom is 0.158 e. The van der Waals surface area contributed by atoms with Crippen molar-refractivity contribution in [3.8, 4) is 0 Å². The highest BCUT2D eigenvalue weighted by Gasteiger charge is 2.30. The zero-order valence-corrected chi connectivity index (χ0v) is 9.29. The van der Waals surface area contributed by atoms with Gasteiger partial charge in [0.1, 0.15) is 0 Å². The Morgan fingerprint density at radius 1 is 1.36 bits per heavy atom. The largest absolute Gasteiger partial charge is 0.393 e. The molecule has 3 nitrogen and oxygen atoms in total. The smallest absolute Gasteiger partial charge is 0.158 e. The van der Waals surface area contributed by atoms with Gasteiger partial charge in [0.05, 0.1) is 12.2 Å². The normalized spacial score (nSPS) is 23.8. The van der Waals surface area contributed by atoms with Gasteiger partial charge in [-0.05, 0) is 32.1 Å². The Bertz CT molecular complexity index is 140. The lowest BCUT2D eigenvalue weighted by Crippen LogP contribution is -2.41. The topological polar surface area (TPSA) is 38.7 Å². The number of aliphatic hydroxyl groups is 1. The summed E-state index contributed by atoms with van der Waals surface area (Å²) in [5.74, 6) is 0. The van der Waals surface area contributed by atoms with Crippen molar-refractivity contribution in [3.63, 3.8) is 0 Å². The van der Waals surface area contributed by atoms with Crippen LogP contribution in [0.5, 0.6) is 0 Å². The van der Waals surface area contributed by atoms with Crippen molar-refractivity contribution in [2.45, 2.75) is 57.8 Å². The van der Waals surface area contributed by atoms with Gasteiger partial charge in [-0.25, -0.2) is 0 Å². The van der Waals surface area contributed by atoms with Crippen molar-refractivity contribution in [3.05, 3.63) is 0 Å². The van der Waals surface area contributed by atoms with Crippen molar-refractivity contribution in [1.29, 1.82) is 0 Å². The van der Waals surface area contributed by atoms with E-state index in [2.05, 4.69) is 0 Å². The summed E-state index contributed by atoms with van der Waals surface area (Å²) in [5, 5.41) is 9.33. The van der Waals surface area contributed by atoms with Gasteiger partial charge in [-0.15, -0.1) is 0 Å². The molecule has 1 saturated heterocycles. The summed E-state index contributed by atoms with van der Waals surface area (Å²) in [6, 6.07) is 0. The first-order valence-corrected chi connectivity index (χ1v) is 5.66. The van der Waals surface area contributed by atoms with Gasteiger partial charge in [-0.2, -0.15) is 0 Å². The predicted molar refractivity (Wildman–Crippen MR) is 55.1 cm³/mol. The Kier molecular flexibility index (Phi) is 4.85. The number of hydrogen-bond donors (Lipinski definition) is 1. The third-order valence-electron chi connectivity index (χ3n) is 3.10. The van der Waals surface area contributed by atoms with E-state index < -0.39 is 0 Å². The van der Waals surface area contributed by atoms with E-state index >= 15 is 0 Å². The van der Waals surface area contributed by atoms with E-state index in [1.54, 1.807) is 0 Å². The van der Waals surface area contributed by atoms with Crippen LogP contribution in [0, 0.1) is 0 Å². The highest BCUT2D eigenvalue weighted by atomic mass is 16.7. The van der Waals surface area contributed by atoms with Crippen molar-refractivity contribution in [1.82, 2.24) is 0 Å². The first-order valence-electron chi connectivity index (χ1n) is 5.66. The van der Waals surface area contributed by atoms with Crippen LogP contribution < -0.4 is 0 Å². The summed E-state index contributed by atoms with van der Waals surface area (Å²) in [4.78, 5) is 0. The quantitative estimate of drug-likeness (QED) is 0.742. The van der Waals surface area contributed by atoms with E-state index in [1.165, 1.54) is 6.42 Å². The Balaban J connectivity index is 2.44. The molecule has 0 aliphatic carbocycles. The van der Waals surface area contributed by atoms with Crippen molar-refractivity contribution in [2.24, 2.45) is 0 Å². The summed E-state index contributed by atoms with van der Waals surface area (Å²) in [6.07, 6.45) is 4.82. The molecule has 0 saturated carbocycles. The van der Waals surface area contributed by atoms with Crippen LogP contribution in [0.15, 0.2) is 0 Å². The SMILES string of the molecule is CCC(CC)(CO)OC1CCCCO1. The Morgan fingerprint density at radius 2 is 2.07 bits per heavy atom. The third-order valence-corrected chi connectivity index (χ3v) is 3.10. The number of aliphatic hydroxyl groups excluding tert-OH is 1. The minimum Gasteiger partial charge on any atom is -0.393 e. The van der Waals surface area contributed by atoms with Gasteiger partial charge >= 0.3 is 0 Å². The van der Waals surface area contributed by atoms with Crippen LogP contribution in [0.3, 0.4) is 0 Å². The molecule has 1 fully saturated rings. The molecule has 84 valence electrons. The Hall–Kier alpha value is -0.120. The molecule has 0 radical (unpaired) electrons. The molecule has 1 rings (SSSR count). The van der Waals surface area contributed by atoms with Crippen LogP contribution >= 0.6 is 0 Å². The van der Waals surface area contributed by atoms with Crippen LogP contribution in [0.2, 0.25) is 0 Å². The van der Waals surface area contributed by atoms with Gasteiger partial charge < -0.3 is 14.6 Å². The second-order valence-electron chi connectivity index (χ2n) is 3.96. The third kappa shape index (κ3) is 2.94. The van der Waals surface area contributed by atoms with Crippen molar-refractivity contribution < 1.29 is 14.6 Å². The molecule has 1 aliphatic heterocycles. The van der Waals surface area contributed by atoms with E-state index in [-0.39, 0.29) is 18.5 Å². The molecule has 1 aliphatic rings. The van der Waals surface area contributed by atoms with Gasteiger partial charge in [-0.3, -0.25) is 0 Å². The van der Waals surface area contributed by atoms with Crippen LogP contribution in [-0.2, 0) is 9.47 Å². The first-order chi connectivity index (χ1) is 6.76. The molecule has 0 aromatic heterocycles. The van der Waals surface area contributed by atoms with E-state index in [1.807, 2.05) is 13.8 Å². The van der Waals surface area contributed by atoms with Gasteiger partial charge in [0.2, 0.25) is 0 Å². The Labute approximate surface area is 86.4 Å². The lowest BCUT2D eigenvalue weighted by Gasteiger charge is -2.35. The Morgan fingerprint density at radius 3 is 2.50 bits per heavy atom. The molecule has 3 heteroatoms. The first kappa shape index (κ1) is 12.0. The van der Waals surface area contributed by atoms with E-state index in [0.29, 0.717) is 0 Å². The minimum absolute atomic E-state index is 0.0832. The highest BCUT2D eigenvalue weighted by Crippen LogP contribution is 2.25. The summed E-state index contributed by atoms with van der Waals surface area (Å²) < 4.78 is 11.4. The van der Waals surface area contributed by atoms with E-state index in [0.717, 1.165) is 32.3 Å². The van der Waals surface area contributed by atoms with Crippen LogP contribution in [0.1, 0.15) is 46.0 Å². The zero-order chi connectivity index (χ0) is 10.4. The summed E-state index contributed by atoms with van der Waals surface area (Å²) >= 11 is 0. The molecule has 0 aromatic rings. The maximum atomic E-state index is 9.33. The highest BCUT2D eigenvalue weighted by molar-refractivity contribution is 4.77. The average molecular weight is 202 g/mol. The minimum atomic E-state index is -0.387. The molecule has 1 heterocycles. The molecule has 1 N–H and O–H groups in total. The fourth-order valence-corrected chi connectivity index (χ4v) is 1.76. The molecule has 1 unspecified atom stereocenters. The molecular formula is C11H22O3. The summed E-state index contributed by atoms with van der Waals surface area (Å²) in [6.45, 7) is 4.96. The fourth-order valence-electron chi connectivity index (χ4n) is 1.76. The summed E-state index contributed by atoms with van der Waals surface area (Å²) in [7, 11) is 0. The molecule has 0 spiro atoms. The second-order valence-corrected chi connectivity index (χ2v) is 3.96. The number of hydrogen-bond acceptors (Lipinski definition) is 3. The van der Waals surface area contributed by atoms with Gasteiger partial charge in [-0.1, -0.05) is 13.8 Å². The zero-order valence-electron chi connectivity index (χ0n) is 9.29. The van der Waals surface area contributed by atoms with Crippen molar-refractivity contribution in [2.75, 3.05) is 13.2 Å². The molecule has 1 atom stereocenters. The van der Waals surface area contributed by atoms with Crippen LogP contribution in [0.25, 0.3) is 0 Å². The monoisotopic (exact) mass is 202 g/mol.